The molecule has 0 aromatic heterocycles. The molecule has 0 saturated heterocycles. The molecular formula is C4H5IO4. The summed E-state index contributed by atoms with van der Waals surface area (Å²) in [6.07, 6.45) is 1.12. The third-order valence-electron chi connectivity index (χ3n) is 0.368. The topological polar surface area (TPSA) is 74.6 Å². The van der Waals surface area contributed by atoms with Gasteiger partial charge in [-0.25, -0.2) is 9.59 Å². The van der Waals surface area contributed by atoms with E-state index in [4.69, 9.17) is 10.2 Å². The van der Waals surface area contributed by atoms with Crippen LogP contribution < -0.4 is 0 Å². The maximum absolute atomic E-state index is 9.55. The lowest BCUT2D eigenvalue weighted by atomic mass is 10.5. The van der Waals surface area contributed by atoms with Crippen LogP contribution in [0, 0.1) is 0 Å². The minimum atomic E-state index is -1.26. The Balaban J connectivity index is 0. The first-order chi connectivity index (χ1) is 3.63. The Labute approximate surface area is 68.2 Å². The lowest BCUT2D eigenvalue weighted by Crippen LogP contribution is -1.91. The zero-order valence-corrected chi connectivity index (χ0v) is 6.60. The monoisotopic (exact) mass is 244 g/mol. The third-order valence-corrected chi connectivity index (χ3v) is 0.368. The van der Waals surface area contributed by atoms with E-state index in [0.717, 1.165) is 0 Å². The second-order valence-corrected chi connectivity index (χ2v) is 1.01. The number of carbonyl (C=O) groups is 2. The fourth-order valence-corrected chi connectivity index (χ4v) is 0.143. The molecule has 2 N–H and O–H groups in total. The van der Waals surface area contributed by atoms with Crippen molar-refractivity contribution < 1.29 is 19.8 Å². The minimum absolute atomic E-state index is 0. The number of aliphatic carboxylic acids is 2. The Bertz CT molecular complexity index is 124. The van der Waals surface area contributed by atoms with Crippen molar-refractivity contribution in [2.75, 3.05) is 0 Å². The van der Waals surface area contributed by atoms with Crippen LogP contribution >= 0.6 is 24.0 Å². The summed E-state index contributed by atoms with van der Waals surface area (Å²) in [4.78, 5) is 19.1. The van der Waals surface area contributed by atoms with Crippen molar-refractivity contribution in [3.05, 3.63) is 12.2 Å². The van der Waals surface area contributed by atoms with Crippen molar-refractivity contribution in [3.8, 4) is 0 Å². The highest BCUT2D eigenvalue weighted by atomic mass is 127. The molecule has 0 heterocycles. The summed E-state index contributed by atoms with van der Waals surface area (Å²) in [5, 5.41) is 15.6. The van der Waals surface area contributed by atoms with Crippen LogP contribution in [0.25, 0.3) is 0 Å². The highest BCUT2D eigenvalue weighted by Crippen LogP contribution is 1.70. The van der Waals surface area contributed by atoms with Crippen LogP contribution in [0.3, 0.4) is 0 Å². The van der Waals surface area contributed by atoms with Crippen molar-refractivity contribution in [1.29, 1.82) is 0 Å². The highest BCUT2D eigenvalue weighted by molar-refractivity contribution is 14.0. The molecule has 9 heavy (non-hydrogen) atoms. The van der Waals surface area contributed by atoms with Gasteiger partial charge >= 0.3 is 11.9 Å². The summed E-state index contributed by atoms with van der Waals surface area (Å²) in [7, 11) is 0. The summed E-state index contributed by atoms with van der Waals surface area (Å²) >= 11 is 0. The molecule has 0 aromatic rings. The summed E-state index contributed by atoms with van der Waals surface area (Å²) in [5.74, 6) is -2.51. The van der Waals surface area contributed by atoms with Gasteiger partial charge in [0.1, 0.15) is 0 Å². The zero-order chi connectivity index (χ0) is 6.57. The molecule has 0 bridgehead atoms. The average Bonchev–Trinajstić information content (AvgIpc) is 1.61. The molecule has 0 radical (unpaired) electrons. The molecule has 0 fully saturated rings. The fourth-order valence-electron chi connectivity index (χ4n) is 0.143. The van der Waals surface area contributed by atoms with Gasteiger partial charge in [0, 0.05) is 12.2 Å². The highest BCUT2D eigenvalue weighted by Gasteiger charge is 1.88. The number of rotatable bonds is 2. The number of hydrogen-bond donors (Lipinski definition) is 2. The first-order valence-corrected chi connectivity index (χ1v) is 1.77. The van der Waals surface area contributed by atoms with Gasteiger partial charge in [-0.1, -0.05) is 0 Å². The van der Waals surface area contributed by atoms with Crippen LogP contribution in [0.15, 0.2) is 12.2 Å². The summed E-state index contributed by atoms with van der Waals surface area (Å²) in [5.41, 5.74) is 0. The molecule has 5 heteroatoms. The van der Waals surface area contributed by atoms with Crippen molar-refractivity contribution in [3.63, 3.8) is 0 Å². The smallest absolute Gasteiger partial charge is 0.328 e. The van der Waals surface area contributed by atoms with E-state index in [1.807, 2.05) is 0 Å². The maximum atomic E-state index is 9.55. The van der Waals surface area contributed by atoms with Gasteiger partial charge in [-0.15, -0.1) is 24.0 Å². The number of carboxylic acids is 2. The first kappa shape index (κ1) is 11.2. The molecule has 0 rings (SSSR count). The Kier molecular flexibility index (Phi) is 6.92. The number of hydrogen-bond acceptors (Lipinski definition) is 2. The predicted molar refractivity (Wildman–Crippen MR) is 39.8 cm³/mol. The van der Waals surface area contributed by atoms with E-state index in [-0.39, 0.29) is 24.0 Å². The van der Waals surface area contributed by atoms with Gasteiger partial charge in [-0.05, 0) is 0 Å². The Hall–Kier alpha value is -0.590. The minimum Gasteiger partial charge on any atom is -0.478 e. The first-order valence-electron chi connectivity index (χ1n) is 1.77. The van der Waals surface area contributed by atoms with Crippen LogP contribution in [0.4, 0.5) is 0 Å². The van der Waals surface area contributed by atoms with Gasteiger partial charge in [0.05, 0.1) is 0 Å². The quantitative estimate of drug-likeness (QED) is 0.542. The molecule has 0 aliphatic carbocycles. The molecule has 0 aliphatic rings. The van der Waals surface area contributed by atoms with Gasteiger partial charge in [0.15, 0.2) is 0 Å². The predicted octanol–water partition coefficient (Wildman–Crippen LogP) is 0.330. The molecule has 0 aliphatic heterocycles. The van der Waals surface area contributed by atoms with Crippen molar-refractivity contribution >= 4 is 35.9 Å². The van der Waals surface area contributed by atoms with E-state index in [0.29, 0.717) is 12.2 Å². The molecule has 0 aromatic carbocycles. The van der Waals surface area contributed by atoms with E-state index in [1.54, 1.807) is 0 Å². The van der Waals surface area contributed by atoms with Crippen LogP contribution in [0.2, 0.25) is 0 Å². The Morgan fingerprint density at radius 2 is 1.22 bits per heavy atom. The summed E-state index contributed by atoms with van der Waals surface area (Å²) < 4.78 is 0. The van der Waals surface area contributed by atoms with Gasteiger partial charge in [-0.3, -0.25) is 0 Å². The van der Waals surface area contributed by atoms with E-state index in [1.165, 1.54) is 0 Å². The van der Waals surface area contributed by atoms with Gasteiger partial charge < -0.3 is 10.2 Å². The normalized spacial score (nSPS) is 8.44. The second-order valence-electron chi connectivity index (χ2n) is 1.01. The van der Waals surface area contributed by atoms with Crippen LogP contribution in [0.1, 0.15) is 0 Å². The maximum Gasteiger partial charge on any atom is 0.328 e. The molecule has 4 nitrogen and oxygen atoms in total. The second kappa shape index (κ2) is 5.54. The van der Waals surface area contributed by atoms with E-state index >= 15 is 0 Å². The molecule has 52 valence electrons. The average molecular weight is 244 g/mol. The number of halogens is 1. The van der Waals surface area contributed by atoms with Crippen LogP contribution in [-0.2, 0) is 9.59 Å². The third kappa shape index (κ3) is 11.2. The molecular weight excluding hydrogens is 239 g/mol. The fraction of sp³-hybridized carbons (Fsp3) is 0. The molecule has 0 unspecified atom stereocenters. The van der Waals surface area contributed by atoms with Crippen LogP contribution in [0.5, 0.6) is 0 Å². The summed E-state index contributed by atoms with van der Waals surface area (Å²) in [6.45, 7) is 0. The number of carboxylic acid groups (broad SMARTS) is 2. The molecule has 0 spiro atoms. The van der Waals surface area contributed by atoms with Gasteiger partial charge in [-0.2, -0.15) is 0 Å². The van der Waals surface area contributed by atoms with E-state index < -0.39 is 11.9 Å². The molecule has 0 saturated carbocycles. The largest absolute Gasteiger partial charge is 0.478 e. The molecule has 0 atom stereocenters. The standard InChI is InChI=1S/C4H4O4.HI/c5-3(6)1-2-4(7)8;/h1-2H,(H,5,6)(H,7,8);1H. The van der Waals surface area contributed by atoms with Crippen LogP contribution in [-0.4, -0.2) is 22.2 Å². The Morgan fingerprint density at radius 3 is 1.33 bits per heavy atom. The Morgan fingerprint density at radius 1 is 1.00 bits per heavy atom. The lowest BCUT2D eigenvalue weighted by Gasteiger charge is -1.74. The van der Waals surface area contributed by atoms with Crippen molar-refractivity contribution in [2.45, 2.75) is 0 Å². The SMILES string of the molecule is I.O=C(O)C=CC(=O)O. The van der Waals surface area contributed by atoms with Crippen molar-refractivity contribution in [1.82, 2.24) is 0 Å². The van der Waals surface area contributed by atoms with E-state index in [2.05, 4.69) is 0 Å². The zero-order valence-electron chi connectivity index (χ0n) is 4.27. The summed E-state index contributed by atoms with van der Waals surface area (Å²) in [6, 6.07) is 0. The lowest BCUT2D eigenvalue weighted by molar-refractivity contribution is -0.134. The van der Waals surface area contributed by atoms with E-state index in [9.17, 15) is 9.59 Å². The van der Waals surface area contributed by atoms with Gasteiger partial charge in [0.25, 0.3) is 0 Å². The van der Waals surface area contributed by atoms with Crippen molar-refractivity contribution in [2.24, 2.45) is 0 Å². The molecule has 0 amide bonds. The van der Waals surface area contributed by atoms with Gasteiger partial charge in [0.2, 0.25) is 0 Å².